The molecule has 0 aliphatic heterocycles. The Balaban J connectivity index is 2.00. The Labute approximate surface area is 116 Å². The number of ether oxygens (including phenoxy) is 1. The minimum Gasteiger partial charge on any atom is -0.490 e. The first-order chi connectivity index (χ1) is 9.66. The lowest BCUT2D eigenvalue weighted by atomic mass is 10.0. The van der Waals surface area contributed by atoms with Gasteiger partial charge in [-0.05, 0) is 24.1 Å². The van der Waals surface area contributed by atoms with E-state index in [9.17, 15) is 14.3 Å². The fourth-order valence-electron chi connectivity index (χ4n) is 1.87. The number of benzene rings is 2. The first-order valence-electron chi connectivity index (χ1n) is 6.31. The summed E-state index contributed by atoms with van der Waals surface area (Å²) in [6.07, 6.45) is 0.352. The molecule has 0 aliphatic carbocycles. The van der Waals surface area contributed by atoms with Crippen LogP contribution in [0.4, 0.5) is 4.39 Å². The fourth-order valence-corrected chi connectivity index (χ4v) is 1.87. The topological polar surface area (TPSA) is 46.5 Å². The van der Waals surface area contributed by atoms with Crippen molar-refractivity contribution in [2.75, 3.05) is 6.61 Å². The van der Waals surface area contributed by atoms with Gasteiger partial charge < -0.3 is 9.84 Å². The van der Waals surface area contributed by atoms with Gasteiger partial charge in [-0.3, -0.25) is 4.79 Å². The first-order valence-corrected chi connectivity index (χ1v) is 6.31. The summed E-state index contributed by atoms with van der Waals surface area (Å²) in [5, 5.41) is 9.21. The summed E-state index contributed by atoms with van der Waals surface area (Å²) in [5.74, 6) is -2.08. The third kappa shape index (κ3) is 3.82. The first kappa shape index (κ1) is 14.1. The molecule has 0 spiro atoms. The lowest BCUT2D eigenvalue weighted by Gasteiger charge is -2.14. The van der Waals surface area contributed by atoms with Gasteiger partial charge in [0.1, 0.15) is 6.61 Å². The smallest absolute Gasteiger partial charge is 0.310 e. The third-order valence-corrected chi connectivity index (χ3v) is 2.95. The Morgan fingerprint density at radius 3 is 2.40 bits per heavy atom. The normalized spacial score (nSPS) is 11.8. The van der Waals surface area contributed by atoms with Crippen LogP contribution in [0, 0.1) is 11.7 Å². The van der Waals surface area contributed by atoms with E-state index in [0.29, 0.717) is 6.42 Å². The molecular formula is C16H15FO3. The lowest BCUT2D eigenvalue weighted by Crippen LogP contribution is -2.24. The predicted octanol–water partition coefficient (Wildman–Crippen LogP) is 3.15. The molecule has 0 radical (unpaired) electrons. The van der Waals surface area contributed by atoms with E-state index in [4.69, 9.17) is 4.74 Å². The van der Waals surface area contributed by atoms with Gasteiger partial charge >= 0.3 is 5.97 Å². The molecule has 0 bridgehead atoms. The SMILES string of the molecule is O=C(O)C(COc1ccccc1F)Cc1ccccc1. The number of rotatable bonds is 6. The second kappa shape index (κ2) is 6.70. The van der Waals surface area contributed by atoms with Crippen molar-refractivity contribution in [1.29, 1.82) is 0 Å². The van der Waals surface area contributed by atoms with Crippen LogP contribution in [0.2, 0.25) is 0 Å². The number of hydrogen-bond donors (Lipinski definition) is 1. The molecule has 0 heterocycles. The predicted molar refractivity (Wildman–Crippen MR) is 73.2 cm³/mol. The minimum absolute atomic E-state index is 0.0643. The van der Waals surface area contributed by atoms with E-state index in [1.165, 1.54) is 12.1 Å². The monoisotopic (exact) mass is 274 g/mol. The summed E-state index contributed by atoms with van der Waals surface area (Å²) >= 11 is 0. The maximum atomic E-state index is 13.4. The van der Waals surface area contributed by atoms with Gasteiger partial charge in [0.05, 0.1) is 5.92 Å². The molecule has 0 saturated heterocycles. The zero-order valence-electron chi connectivity index (χ0n) is 10.8. The quantitative estimate of drug-likeness (QED) is 0.880. The van der Waals surface area contributed by atoms with Crippen molar-refractivity contribution in [3.05, 3.63) is 66.0 Å². The van der Waals surface area contributed by atoms with Gasteiger partial charge in [-0.25, -0.2) is 4.39 Å². The maximum Gasteiger partial charge on any atom is 0.310 e. The molecule has 20 heavy (non-hydrogen) atoms. The molecule has 0 aromatic heterocycles. The standard InChI is InChI=1S/C16H15FO3/c17-14-8-4-5-9-15(14)20-11-13(16(18)19)10-12-6-2-1-3-7-12/h1-9,13H,10-11H2,(H,18,19). The van der Waals surface area contributed by atoms with Crippen LogP contribution in [-0.2, 0) is 11.2 Å². The largest absolute Gasteiger partial charge is 0.490 e. The van der Waals surface area contributed by atoms with E-state index >= 15 is 0 Å². The molecule has 1 atom stereocenters. The molecule has 0 fully saturated rings. The van der Waals surface area contributed by atoms with Crippen molar-refractivity contribution >= 4 is 5.97 Å². The molecule has 2 aromatic carbocycles. The molecule has 1 unspecified atom stereocenters. The molecule has 3 nitrogen and oxygen atoms in total. The Bertz CT molecular complexity index is 569. The lowest BCUT2D eigenvalue weighted by molar-refractivity contribution is -0.142. The van der Waals surface area contributed by atoms with E-state index in [0.717, 1.165) is 5.56 Å². The number of aliphatic carboxylic acids is 1. The van der Waals surface area contributed by atoms with Crippen LogP contribution < -0.4 is 4.74 Å². The van der Waals surface area contributed by atoms with Crippen molar-refractivity contribution in [2.24, 2.45) is 5.92 Å². The molecule has 0 aliphatic rings. The summed E-state index contributed by atoms with van der Waals surface area (Å²) in [6, 6.07) is 15.3. The minimum atomic E-state index is -0.954. The highest BCUT2D eigenvalue weighted by Crippen LogP contribution is 2.17. The second-order valence-corrected chi connectivity index (χ2v) is 4.47. The Hall–Kier alpha value is -2.36. The van der Waals surface area contributed by atoms with Crippen molar-refractivity contribution < 1.29 is 19.0 Å². The van der Waals surface area contributed by atoms with Crippen molar-refractivity contribution in [2.45, 2.75) is 6.42 Å². The summed E-state index contributed by atoms with van der Waals surface area (Å²) < 4.78 is 18.7. The van der Waals surface area contributed by atoms with Crippen LogP contribution in [-0.4, -0.2) is 17.7 Å². The average molecular weight is 274 g/mol. The van der Waals surface area contributed by atoms with Crippen molar-refractivity contribution in [1.82, 2.24) is 0 Å². The highest BCUT2D eigenvalue weighted by molar-refractivity contribution is 5.70. The second-order valence-electron chi connectivity index (χ2n) is 4.47. The summed E-state index contributed by atoms with van der Waals surface area (Å²) in [5.41, 5.74) is 0.914. The molecular weight excluding hydrogens is 259 g/mol. The molecule has 0 saturated carbocycles. The highest BCUT2D eigenvalue weighted by atomic mass is 19.1. The summed E-state index contributed by atoms with van der Waals surface area (Å²) in [7, 11) is 0. The number of carbonyl (C=O) groups is 1. The molecule has 4 heteroatoms. The van der Waals surface area contributed by atoms with Crippen molar-refractivity contribution in [3.63, 3.8) is 0 Å². The van der Waals surface area contributed by atoms with Gasteiger partial charge in [0, 0.05) is 0 Å². The Morgan fingerprint density at radius 2 is 1.75 bits per heavy atom. The van der Waals surface area contributed by atoms with Crippen LogP contribution in [0.1, 0.15) is 5.56 Å². The number of para-hydroxylation sites is 1. The highest BCUT2D eigenvalue weighted by Gasteiger charge is 2.19. The van der Waals surface area contributed by atoms with Gasteiger partial charge in [0.2, 0.25) is 0 Å². The van der Waals surface area contributed by atoms with Crippen LogP contribution >= 0.6 is 0 Å². The number of halogens is 1. The third-order valence-electron chi connectivity index (χ3n) is 2.95. The van der Waals surface area contributed by atoms with E-state index < -0.39 is 17.7 Å². The zero-order valence-corrected chi connectivity index (χ0v) is 10.8. The molecule has 1 N–H and O–H groups in total. The number of carboxylic acids is 1. The van der Waals surface area contributed by atoms with Gasteiger partial charge in [0.25, 0.3) is 0 Å². The van der Waals surface area contributed by atoms with E-state index in [2.05, 4.69) is 0 Å². The van der Waals surface area contributed by atoms with Crippen LogP contribution in [0.15, 0.2) is 54.6 Å². The van der Waals surface area contributed by atoms with Crippen molar-refractivity contribution in [3.8, 4) is 5.75 Å². The molecule has 104 valence electrons. The molecule has 2 rings (SSSR count). The zero-order chi connectivity index (χ0) is 14.4. The van der Waals surface area contributed by atoms with Crippen LogP contribution in [0.3, 0.4) is 0 Å². The number of carboxylic acid groups (broad SMARTS) is 1. The van der Waals surface area contributed by atoms with Gasteiger partial charge in [-0.15, -0.1) is 0 Å². The van der Waals surface area contributed by atoms with Gasteiger partial charge in [0.15, 0.2) is 11.6 Å². The summed E-state index contributed by atoms with van der Waals surface area (Å²) in [6.45, 7) is -0.0643. The Kier molecular flexibility index (Phi) is 4.71. The van der Waals surface area contributed by atoms with Crippen LogP contribution in [0.25, 0.3) is 0 Å². The average Bonchev–Trinajstić information content (AvgIpc) is 2.46. The van der Waals surface area contributed by atoms with E-state index in [1.54, 1.807) is 12.1 Å². The maximum absolute atomic E-state index is 13.4. The molecule has 0 amide bonds. The fraction of sp³-hybridized carbons (Fsp3) is 0.188. The number of hydrogen-bond acceptors (Lipinski definition) is 2. The van der Waals surface area contributed by atoms with E-state index in [1.807, 2.05) is 30.3 Å². The summed E-state index contributed by atoms with van der Waals surface area (Å²) in [4.78, 5) is 11.2. The molecule has 2 aromatic rings. The van der Waals surface area contributed by atoms with Crippen LogP contribution in [0.5, 0.6) is 5.75 Å². The van der Waals surface area contributed by atoms with Gasteiger partial charge in [-0.2, -0.15) is 0 Å². The van der Waals surface area contributed by atoms with Gasteiger partial charge in [-0.1, -0.05) is 42.5 Å². The Morgan fingerprint density at radius 1 is 1.10 bits per heavy atom. The van der Waals surface area contributed by atoms with E-state index in [-0.39, 0.29) is 12.4 Å².